The molecular formula is C23H28N2O4. The Hall–Kier alpha value is -2.86. The van der Waals surface area contributed by atoms with Crippen molar-refractivity contribution in [3.8, 4) is 5.75 Å². The highest BCUT2D eigenvalue weighted by molar-refractivity contribution is 6.04. The minimum absolute atomic E-state index is 0.0346. The van der Waals surface area contributed by atoms with Gasteiger partial charge in [0.1, 0.15) is 12.4 Å². The highest BCUT2D eigenvalue weighted by atomic mass is 16.5. The third-order valence-corrected chi connectivity index (χ3v) is 4.83. The lowest BCUT2D eigenvalue weighted by atomic mass is 9.88. The summed E-state index contributed by atoms with van der Waals surface area (Å²) in [6.07, 6.45) is 3.03. The topological polar surface area (TPSA) is 69.2 Å². The van der Waals surface area contributed by atoms with E-state index in [1.807, 2.05) is 13.0 Å². The largest absolute Gasteiger partial charge is 0.497 e. The number of aryl methyl sites for hydroxylation is 1. The van der Waals surface area contributed by atoms with E-state index in [0.717, 1.165) is 19.3 Å². The van der Waals surface area contributed by atoms with Gasteiger partial charge in [-0.25, -0.2) is 4.99 Å². The molecule has 0 aromatic heterocycles. The second-order valence-corrected chi connectivity index (χ2v) is 6.77. The number of nitrogens with one attached hydrogen (secondary N) is 1. The van der Waals surface area contributed by atoms with Crippen molar-refractivity contribution >= 4 is 11.9 Å². The van der Waals surface area contributed by atoms with Crippen LogP contribution in [-0.4, -0.2) is 38.9 Å². The van der Waals surface area contributed by atoms with E-state index in [-0.39, 0.29) is 18.0 Å². The Balaban J connectivity index is 1.79. The van der Waals surface area contributed by atoms with Gasteiger partial charge in [-0.1, -0.05) is 30.3 Å². The highest BCUT2D eigenvalue weighted by Gasteiger charge is 2.21. The molecule has 2 aromatic rings. The van der Waals surface area contributed by atoms with Gasteiger partial charge in [-0.05, 0) is 55.5 Å². The number of ether oxygens (including phenoxy) is 3. The number of amides is 1. The van der Waals surface area contributed by atoms with Gasteiger partial charge in [0.05, 0.1) is 19.8 Å². The number of benzene rings is 2. The van der Waals surface area contributed by atoms with Crippen LogP contribution < -0.4 is 10.1 Å². The Kier molecular flexibility index (Phi) is 7.64. The first-order valence-corrected chi connectivity index (χ1v) is 10.0. The molecule has 1 N–H and O–H groups in total. The van der Waals surface area contributed by atoms with Crippen molar-refractivity contribution in [1.82, 2.24) is 5.32 Å². The summed E-state index contributed by atoms with van der Waals surface area (Å²) in [4.78, 5) is 17.5. The molecule has 1 amide bonds. The standard InChI is InChI=1S/C23H28N2O4/c1-3-28-14-15-29-23(25-22(26)18-10-6-11-19(16-18)27-2)24-21-13-7-9-17-8-4-5-12-20(17)21/h4-6,8,10-12,16,21H,3,7,9,13-15H2,1-2H3,(H,24,25,26)/t21-/m0/s1. The SMILES string of the molecule is CCOCCOC(=N[C@H]1CCCc2ccccc21)NC(=O)c1cccc(OC)c1. The molecule has 0 saturated heterocycles. The lowest BCUT2D eigenvalue weighted by Gasteiger charge is -2.23. The fraction of sp³-hybridized carbons (Fsp3) is 0.391. The van der Waals surface area contributed by atoms with E-state index >= 15 is 0 Å². The number of rotatable bonds is 7. The van der Waals surface area contributed by atoms with Crippen molar-refractivity contribution in [2.75, 3.05) is 26.9 Å². The maximum atomic E-state index is 12.7. The van der Waals surface area contributed by atoms with Crippen LogP contribution >= 0.6 is 0 Å². The zero-order chi connectivity index (χ0) is 20.5. The molecule has 0 bridgehead atoms. The summed E-state index contributed by atoms with van der Waals surface area (Å²) in [6, 6.07) is 15.5. The summed E-state index contributed by atoms with van der Waals surface area (Å²) >= 11 is 0. The van der Waals surface area contributed by atoms with Crippen molar-refractivity contribution in [2.45, 2.75) is 32.2 Å². The quantitative estimate of drug-likeness (QED) is 0.438. The zero-order valence-corrected chi connectivity index (χ0v) is 17.0. The molecule has 1 atom stereocenters. The molecule has 0 fully saturated rings. The average molecular weight is 396 g/mol. The number of carbonyl (C=O) groups excluding carboxylic acids is 1. The number of amidine groups is 1. The van der Waals surface area contributed by atoms with E-state index < -0.39 is 0 Å². The second-order valence-electron chi connectivity index (χ2n) is 6.77. The van der Waals surface area contributed by atoms with Gasteiger partial charge in [-0.15, -0.1) is 0 Å². The van der Waals surface area contributed by atoms with E-state index in [0.29, 0.717) is 31.1 Å². The van der Waals surface area contributed by atoms with Crippen LogP contribution in [0.1, 0.15) is 47.3 Å². The van der Waals surface area contributed by atoms with E-state index in [1.54, 1.807) is 31.4 Å². The van der Waals surface area contributed by atoms with Crippen LogP contribution in [0.5, 0.6) is 5.75 Å². The van der Waals surface area contributed by atoms with Gasteiger partial charge in [0.25, 0.3) is 11.9 Å². The monoisotopic (exact) mass is 396 g/mol. The van der Waals surface area contributed by atoms with Crippen molar-refractivity contribution in [3.63, 3.8) is 0 Å². The van der Waals surface area contributed by atoms with Gasteiger partial charge in [0.2, 0.25) is 0 Å². The predicted molar refractivity (Wildman–Crippen MR) is 112 cm³/mol. The first-order chi connectivity index (χ1) is 14.2. The summed E-state index contributed by atoms with van der Waals surface area (Å²) in [5.74, 6) is 0.331. The number of hydrogen-bond acceptors (Lipinski definition) is 5. The number of nitrogens with zero attached hydrogens (tertiary/aromatic N) is 1. The molecule has 0 heterocycles. The third kappa shape index (κ3) is 5.81. The lowest BCUT2D eigenvalue weighted by molar-refractivity contribution is 0.0920. The predicted octanol–water partition coefficient (Wildman–Crippen LogP) is 3.91. The van der Waals surface area contributed by atoms with Gasteiger partial charge >= 0.3 is 0 Å². The summed E-state index contributed by atoms with van der Waals surface area (Å²) < 4.78 is 16.3. The zero-order valence-electron chi connectivity index (χ0n) is 17.0. The molecule has 0 unspecified atom stereocenters. The minimum Gasteiger partial charge on any atom is -0.497 e. The van der Waals surface area contributed by atoms with Crippen LogP contribution in [0.3, 0.4) is 0 Å². The van der Waals surface area contributed by atoms with Crippen molar-refractivity contribution in [1.29, 1.82) is 0 Å². The Labute approximate surface area is 171 Å². The molecule has 6 heteroatoms. The van der Waals surface area contributed by atoms with Crippen LogP contribution in [-0.2, 0) is 15.9 Å². The molecule has 0 saturated carbocycles. The Morgan fingerprint density at radius 2 is 2.03 bits per heavy atom. The van der Waals surface area contributed by atoms with Gasteiger partial charge in [-0.3, -0.25) is 10.1 Å². The minimum atomic E-state index is -0.289. The molecule has 0 spiro atoms. The van der Waals surface area contributed by atoms with Gasteiger partial charge in [-0.2, -0.15) is 0 Å². The van der Waals surface area contributed by atoms with Crippen LogP contribution in [0, 0.1) is 0 Å². The fourth-order valence-electron chi connectivity index (χ4n) is 3.38. The first-order valence-electron chi connectivity index (χ1n) is 10.0. The number of carbonyl (C=O) groups is 1. The molecule has 1 aliphatic carbocycles. The number of methoxy groups -OCH3 is 1. The summed E-state index contributed by atoms with van der Waals surface area (Å²) in [5.41, 5.74) is 2.98. The molecular weight excluding hydrogens is 368 g/mol. The van der Waals surface area contributed by atoms with E-state index in [4.69, 9.17) is 19.2 Å². The van der Waals surface area contributed by atoms with Crippen molar-refractivity contribution in [2.24, 2.45) is 4.99 Å². The van der Waals surface area contributed by atoms with Crippen LogP contribution in [0.4, 0.5) is 0 Å². The van der Waals surface area contributed by atoms with Crippen LogP contribution in [0.2, 0.25) is 0 Å². The van der Waals surface area contributed by atoms with Crippen molar-refractivity contribution < 1.29 is 19.0 Å². The van der Waals surface area contributed by atoms with E-state index in [1.165, 1.54) is 11.1 Å². The molecule has 0 aliphatic heterocycles. The smallest absolute Gasteiger partial charge is 0.292 e. The second kappa shape index (κ2) is 10.6. The molecule has 3 rings (SSSR count). The Morgan fingerprint density at radius 3 is 2.86 bits per heavy atom. The van der Waals surface area contributed by atoms with E-state index in [9.17, 15) is 4.79 Å². The lowest BCUT2D eigenvalue weighted by Crippen LogP contribution is -2.34. The third-order valence-electron chi connectivity index (χ3n) is 4.83. The molecule has 154 valence electrons. The van der Waals surface area contributed by atoms with Gasteiger partial charge in [0, 0.05) is 12.2 Å². The molecule has 0 radical (unpaired) electrons. The molecule has 2 aromatic carbocycles. The summed E-state index contributed by atoms with van der Waals surface area (Å²) in [5, 5.41) is 2.82. The first kappa shape index (κ1) is 20.9. The summed E-state index contributed by atoms with van der Waals surface area (Å²) in [6.45, 7) is 3.30. The van der Waals surface area contributed by atoms with Crippen LogP contribution in [0.25, 0.3) is 0 Å². The highest BCUT2D eigenvalue weighted by Crippen LogP contribution is 2.32. The van der Waals surface area contributed by atoms with Crippen molar-refractivity contribution in [3.05, 3.63) is 65.2 Å². The van der Waals surface area contributed by atoms with E-state index in [2.05, 4.69) is 23.5 Å². The molecule has 6 nitrogen and oxygen atoms in total. The average Bonchev–Trinajstić information content (AvgIpc) is 2.77. The fourth-order valence-corrected chi connectivity index (χ4v) is 3.38. The maximum absolute atomic E-state index is 12.7. The molecule has 29 heavy (non-hydrogen) atoms. The van der Waals surface area contributed by atoms with Crippen LogP contribution in [0.15, 0.2) is 53.5 Å². The Bertz CT molecular complexity index is 850. The summed E-state index contributed by atoms with van der Waals surface area (Å²) in [7, 11) is 1.57. The number of hydrogen-bond donors (Lipinski definition) is 1. The number of aliphatic imine (C=N–C) groups is 1. The normalized spacial score (nSPS) is 16.1. The molecule has 1 aliphatic rings. The van der Waals surface area contributed by atoms with Gasteiger partial charge < -0.3 is 14.2 Å². The number of fused-ring (bicyclic) bond motifs is 1. The van der Waals surface area contributed by atoms with Gasteiger partial charge in [0.15, 0.2) is 0 Å². The maximum Gasteiger partial charge on any atom is 0.292 e. The Morgan fingerprint density at radius 1 is 1.17 bits per heavy atom.